The van der Waals surface area contributed by atoms with Crippen molar-refractivity contribution in [3.8, 4) is 0 Å². The molecule has 4 nitrogen and oxygen atoms in total. The van der Waals surface area contributed by atoms with Gasteiger partial charge in [0.25, 0.3) is 5.91 Å². The van der Waals surface area contributed by atoms with Crippen molar-refractivity contribution in [1.29, 1.82) is 0 Å². The molecule has 2 rings (SSSR count). The van der Waals surface area contributed by atoms with Gasteiger partial charge in [-0.25, -0.2) is 9.18 Å². The molecule has 108 valence electrons. The van der Waals surface area contributed by atoms with Gasteiger partial charge < -0.3 is 10.4 Å². The summed E-state index contributed by atoms with van der Waals surface area (Å²) in [6, 6.07) is 8.95. The van der Waals surface area contributed by atoms with Crippen molar-refractivity contribution in [2.75, 3.05) is 5.32 Å². The Morgan fingerprint density at radius 1 is 1.14 bits per heavy atom. The number of hydrogen-bond acceptors (Lipinski definition) is 2. The van der Waals surface area contributed by atoms with Crippen molar-refractivity contribution in [3.05, 3.63) is 63.4 Å². The van der Waals surface area contributed by atoms with E-state index in [-0.39, 0.29) is 21.3 Å². The third-order valence-corrected chi connectivity index (χ3v) is 3.55. The van der Waals surface area contributed by atoms with Crippen LogP contribution in [0.2, 0.25) is 0 Å². The lowest BCUT2D eigenvalue weighted by molar-refractivity contribution is 0.0698. The number of hydrogen-bond donors (Lipinski definition) is 2. The predicted octanol–water partition coefficient (Wildman–Crippen LogP) is 3.85. The Kier molecular flexibility index (Phi) is 4.37. The number of amides is 1. The summed E-state index contributed by atoms with van der Waals surface area (Å²) in [7, 11) is 0. The van der Waals surface area contributed by atoms with Gasteiger partial charge in [-0.2, -0.15) is 0 Å². The van der Waals surface area contributed by atoms with Crippen LogP contribution >= 0.6 is 15.9 Å². The smallest absolute Gasteiger partial charge is 0.337 e. The van der Waals surface area contributed by atoms with Gasteiger partial charge >= 0.3 is 5.97 Å². The van der Waals surface area contributed by atoms with E-state index in [0.29, 0.717) is 5.56 Å². The lowest BCUT2D eigenvalue weighted by Crippen LogP contribution is -2.17. The van der Waals surface area contributed by atoms with Crippen molar-refractivity contribution < 1.29 is 19.1 Å². The van der Waals surface area contributed by atoms with Crippen molar-refractivity contribution in [2.24, 2.45) is 0 Å². The van der Waals surface area contributed by atoms with Crippen molar-refractivity contribution in [2.45, 2.75) is 6.92 Å². The molecule has 0 heterocycles. The molecule has 0 atom stereocenters. The molecule has 0 saturated carbocycles. The highest BCUT2D eigenvalue weighted by atomic mass is 79.9. The summed E-state index contributed by atoms with van der Waals surface area (Å²) in [4.78, 5) is 23.3. The standard InChI is InChI=1S/C15H11BrFNO3/c1-8-4-2-6-10(15(20)21)13(8)18-14(19)9-5-3-7-11(16)12(9)17/h2-7H,1H3,(H,18,19)(H,20,21). The van der Waals surface area contributed by atoms with E-state index in [4.69, 9.17) is 5.11 Å². The van der Waals surface area contributed by atoms with Crippen LogP contribution in [0, 0.1) is 12.7 Å². The minimum absolute atomic E-state index is 0.0428. The highest BCUT2D eigenvalue weighted by Crippen LogP contribution is 2.23. The van der Waals surface area contributed by atoms with Crippen LogP contribution < -0.4 is 5.32 Å². The van der Waals surface area contributed by atoms with Crippen LogP contribution in [0.3, 0.4) is 0 Å². The van der Waals surface area contributed by atoms with E-state index in [1.807, 2.05) is 0 Å². The highest BCUT2D eigenvalue weighted by Gasteiger charge is 2.18. The topological polar surface area (TPSA) is 66.4 Å². The Bertz CT molecular complexity index is 731. The maximum Gasteiger partial charge on any atom is 0.337 e. The molecule has 0 aliphatic carbocycles. The Hall–Kier alpha value is -2.21. The zero-order chi connectivity index (χ0) is 15.6. The van der Waals surface area contributed by atoms with Gasteiger partial charge in [0.1, 0.15) is 5.82 Å². The summed E-state index contributed by atoms with van der Waals surface area (Å²) < 4.78 is 14.1. The number of aromatic carboxylic acids is 1. The van der Waals surface area contributed by atoms with Gasteiger partial charge in [0.2, 0.25) is 0 Å². The number of rotatable bonds is 3. The third kappa shape index (κ3) is 3.11. The number of aryl methyl sites for hydroxylation is 1. The minimum atomic E-state index is -1.16. The van der Waals surface area contributed by atoms with Crippen molar-refractivity contribution in [3.63, 3.8) is 0 Å². The number of benzene rings is 2. The molecular formula is C15H11BrFNO3. The van der Waals surface area contributed by atoms with Gasteiger partial charge in [-0.15, -0.1) is 0 Å². The molecule has 6 heteroatoms. The van der Waals surface area contributed by atoms with Crippen LogP contribution in [0.4, 0.5) is 10.1 Å². The summed E-state index contributed by atoms with van der Waals surface area (Å²) in [6.45, 7) is 1.67. The molecule has 2 N–H and O–H groups in total. The average Bonchev–Trinajstić information content (AvgIpc) is 2.43. The zero-order valence-corrected chi connectivity index (χ0v) is 12.6. The lowest BCUT2D eigenvalue weighted by Gasteiger charge is -2.12. The molecule has 0 saturated heterocycles. The van der Waals surface area contributed by atoms with Crippen LogP contribution in [0.1, 0.15) is 26.3 Å². The first-order valence-electron chi connectivity index (χ1n) is 6.00. The summed E-state index contributed by atoms with van der Waals surface area (Å²) in [6.07, 6.45) is 0. The largest absolute Gasteiger partial charge is 0.478 e. The number of nitrogens with one attached hydrogen (secondary N) is 1. The second-order valence-electron chi connectivity index (χ2n) is 4.36. The van der Waals surface area contributed by atoms with E-state index >= 15 is 0 Å². The Labute approximate surface area is 128 Å². The summed E-state index contributed by atoms with van der Waals surface area (Å²) >= 11 is 3.00. The predicted molar refractivity (Wildman–Crippen MR) is 80.2 cm³/mol. The van der Waals surface area contributed by atoms with Crippen LogP contribution in [0.15, 0.2) is 40.9 Å². The zero-order valence-electron chi connectivity index (χ0n) is 11.0. The van der Waals surface area contributed by atoms with E-state index < -0.39 is 17.7 Å². The molecule has 0 aromatic heterocycles. The van der Waals surface area contributed by atoms with E-state index in [2.05, 4.69) is 21.2 Å². The van der Waals surface area contributed by atoms with E-state index in [1.165, 1.54) is 24.3 Å². The molecule has 0 fully saturated rings. The Morgan fingerprint density at radius 2 is 1.76 bits per heavy atom. The number of carbonyl (C=O) groups excluding carboxylic acids is 1. The Morgan fingerprint density at radius 3 is 2.43 bits per heavy atom. The van der Waals surface area contributed by atoms with Crippen LogP contribution in [0.5, 0.6) is 0 Å². The molecule has 0 aliphatic rings. The lowest BCUT2D eigenvalue weighted by atomic mass is 10.1. The quantitative estimate of drug-likeness (QED) is 0.882. The number of carboxylic acid groups (broad SMARTS) is 1. The third-order valence-electron chi connectivity index (χ3n) is 2.94. The molecule has 21 heavy (non-hydrogen) atoms. The minimum Gasteiger partial charge on any atom is -0.478 e. The number of halogens is 2. The molecule has 2 aromatic carbocycles. The molecule has 0 aliphatic heterocycles. The SMILES string of the molecule is Cc1cccc(C(=O)O)c1NC(=O)c1cccc(Br)c1F. The molecule has 0 spiro atoms. The maximum atomic E-state index is 13.9. The van der Waals surface area contributed by atoms with Crippen molar-refractivity contribution >= 4 is 33.5 Å². The molecule has 0 bridgehead atoms. The highest BCUT2D eigenvalue weighted by molar-refractivity contribution is 9.10. The fraction of sp³-hybridized carbons (Fsp3) is 0.0667. The molecular weight excluding hydrogens is 341 g/mol. The second kappa shape index (κ2) is 6.05. The van der Waals surface area contributed by atoms with Gasteiger partial charge in [-0.3, -0.25) is 4.79 Å². The van der Waals surface area contributed by atoms with Crippen molar-refractivity contribution in [1.82, 2.24) is 0 Å². The number of carbonyl (C=O) groups is 2. The molecule has 1 amide bonds. The van der Waals surface area contributed by atoms with E-state index in [1.54, 1.807) is 19.1 Å². The first-order chi connectivity index (χ1) is 9.91. The monoisotopic (exact) mass is 351 g/mol. The van der Waals surface area contributed by atoms with Crippen LogP contribution in [0.25, 0.3) is 0 Å². The van der Waals surface area contributed by atoms with Gasteiger partial charge in [0.15, 0.2) is 0 Å². The van der Waals surface area contributed by atoms with Gasteiger partial charge in [-0.05, 0) is 46.6 Å². The number of carboxylic acids is 1. The number of anilines is 1. The number of para-hydroxylation sites is 1. The average molecular weight is 352 g/mol. The molecule has 0 radical (unpaired) electrons. The maximum absolute atomic E-state index is 13.9. The summed E-state index contributed by atoms with van der Waals surface area (Å²) in [5.41, 5.74) is 0.538. The van der Waals surface area contributed by atoms with Gasteiger partial charge in [-0.1, -0.05) is 18.2 Å². The van der Waals surface area contributed by atoms with Crippen LogP contribution in [-0.4, -0.2) is 17.0 Å². The van der Waals surface area contributed by atoms with Gasteiger partial charge in [0, 0.05) is 0 Å². The van der Waals surface area contributed by atoms with Gasteiger partial charge in [0.05, 0.1) is 21.3 Å². The first kappa shape index (κ1) is 15.2. The summed E-state index contributed by atoms with van der Waals surface area (Å²) in [5.74, 6) is -2.56. The van der Waals surface area contributed by atoms with E-state index in [9.17, 15) is 14.0 Å². The van der Waals surface area contributed by atoms with Crippen LogP contribution in [-0.2, 0) is 0 Å². The summed E-state index contributed by atoms with van der Waals surface area (Å²) in [5, 5.41) is 11.6. The molecule has 0 unspecified atom stereocenters. The first-order valence-corrected chi connectivity index (χ1v) is 6.79. The normalized spacial score (nSPS) is 10.2. The Balaban J connectivity index is 2.41. The fourth-order valence-corrected chi connectivity index (χ4v) is 2.24. The second-order valence-corrected chi connectivity index (χ2v) is 5.21. The fourth-order valence-electron chi connectivity index (χ4n) is 1.87. The molecule has 2 aromatic rings. The van der Waals surface area contributed by atoms with E-state index in [0.717, 1.165) is 0 Å².